The Kier molecular flexibility index (Phi) is 9.77. The molecule has 1 heterocycles. The fraction of sp³-hybridized carbons (Fsp3) is 0.348. The average molecular weight is 538 g/mol. The van der Waals surface area contributed by atoms with Crippen LogP contribution < -0.4 is 29.7 Å². The van der Waals surface area contributed by atoms with Crippen molar-refractivity contribution in [1.82, 2.24) is 5.32 Å². The van der Waals surface area contributed by atoms with Crippen LogP contribution in [0.25, 0.3) is 0 Å². The third kappa shape index (κ3) is 6.43. The van der Waals surface area contributed by atoms with Crippen molar-refractivity contribution in [3.63, 3.8) is 0 Å². The topological polar surface area (TPSA) is 67.4 Å². The highest BCUT2D eigenvalue weighted by molar-refractivity contribution is 14.0. The number of nitrogens with zero attached hydrogens (tertiary/aromatic N) is 2. The van der Waals surface area contributed by atoms with Crippen LogP contribution in [-0.2, 0) is 6.54 Å². The van der Waals surface area contributed by atoms with Gasteiger partial charge >= 0.3 is 0 Å². The lowest BCUT2D eigenvalue weighted by atomic mass is 10.2. The van der Waals surface area contributed by atoms with Gasteiger partial charge in [0.25, 0.3) is 0 Å². The van der Waals surface area contributed by atoms with E-state index < -0.39 is 0 Å². The van der Waals surface area contributed by atoms with Crippen LogP contribution in [0.5, 0.6) is 17.2 Å². The minimum atomic E-state index is 0. The summed E-state index contributed by atoms with van der Waals surface area (Å²) < 4.78 is 16.3. The van der Waals surface area contributed by atoms with Gasteiger partial charge in [-0.3, -0.25) is 0 Å². The van der Waals surface area contributed by atoms with Crippen LogP contribution in [-0.4, -0.2) is 46.9 Å². The third-order valence-corrected chi connectivity index (χ3v) is 4.79. The number of aliphatic imine (C=N–C) groups is 1. The molecule has 168 valence electrons. The minimum Gasteiger partial charge on any atom is -0.493 e. The molecule has 2 N–H and O–H groups in total. The van der Waals surface area contributed by atoms with E-state index in [1.165, 1.54) is 5.69 Å². The standard InChI is InChI=1S/C23H30N4O3.HI/c1-5-24-23(26-18-14-20(28-2)22(30-4)21(15-18)29-3)25-16-17-9-8-10-19(13-17)27-11-6-7-12-27;/h6-10,13-15H,5,11-12,16H2,1-4H3,(H2,24,25,26);1H. The predicted octanol–water partition coefficient (Wildman–Crippen LogP) is 4.28. The number of anilines is 2. The SMILES string of the molecule is CCNC(=NCc1cccc(N2CC=CC2)c1)Nc1cc(OC)c(OC)c(OC)c1.I. The number of nitrogens with one attached hydrogen (secondary N) is 2. The molecule has 0 bridgehead atoms. The van der Waals surface area contributed by atoms with Crippen molar-refractivity contribution in [3.8, 4) is 17.2 Å². The molecule has 7 nitrogen and oxygen atoms in total. The van der Waals surface area contributed by atoms with Crippen LogP contribution in [0, 0.1) is 0 Å². The lowest BCUT2D eigenvalue weighted by molar-refractivity contribution is 0.324. The quantitative estimate of drug-likeness (QED) is 0.227. The van der Waals surface area contributed by atoms with Gasteiger partial charge in [-0.2, -0.15) is 0 Å². The molecule has 31 heavy (non-hydrogen) atoms. The first-order valence-corrected chi connectivity index (χ1v) is 10.0. The first-order valence-electron chi connectivity index (χ1n) is 10.0. The Bertz CT molecular complexity index is 884. The van der Waals surface area contributed by atoms with Crippen molar-refractivity contribution in [1.29, 1.82) is 0 Å². The number of rotatable bonds is 8. The Morgan fingerprint density at radius 3 is 2.26 bits per heavy atom. The molecule has 3 rings (SSSR count). The Morgan fingerprint density at radius 2 is 1.68 bits per heavy atom. The first-order chi connectivity index (χ1) is 14.7. The molecule has 0 aromatic heterocycles. The van der Waals surface area contributed by atoms with Crippen molar-refractivity contribution in [2.24, 2.45) is 4.99 Å². The zero-order chi connectivity index (χ0) is 21.3. The van der Waals surface area contributed by atoms with Gasteiger partial charge in [-0.15, -0.1) is 24.0 Å². The van der Waals surface area contributed by atoms with Crippen LogP contribution in [0.4, 0.5) is 11.4 Å². The van der Waals surface area contributed by atoms with Crippen LogP contribution in [0.3, 0.4) is 0 Å². The van der Waals surface area contributed by atoms with Gasteiger partial charge in [0.05, 0.1) is 27.9 Å². The summed E-state index contributed by atoms with van der Waals surface area (Å²) in [5.74, 6) is 2.41. The summed E-state index contributed by atoms with van der Waals surface area (Å²) in [6.45, 7) is 5.26. The van der Waals surface area contributed by atoms with Gasteiger partial charge in [0.15, 0.2) is 17.5 Å². The predicted molar refractivity (Wildman–Crippen MR) is 138 cm³/mol. The van der Waals surface area contributed by atoms with Crippen LogP contribution in [0.15, 0.2) is 53.5 Å². The van der Waals surface area contributed by atoms with Crippen molar-refractivity contribution < 1.29 is 14.2 Å². The van der Waals surface area contributed by atoms with Gasteiger partial charge in [-0.1, -0.05) is 24.3 Å². The Hall–Kier alpha value is -2.62. The molecular formula is C23H31IN4O3. The van der Waals surface area contributed by atoms with E-state index in [1.807, 2.05) is 19.1 Å². The largest absolute Gasteiger partial charge is 0.493 e. The summed E-state index contributed by atoms with van der Waals surface area (Å²) in [5.41, 5.74) is 3.16. The second kappa shape index (κ2) is 12.3. The lowest BCUT2D eigenvalue weighted by Crippen LogP contribution is -2.30. The molecule has 0 unspecified atom stereocenters. The van der Waals surface area contributed by atoms with Gasteiger partial charge in [0.2, 0.25) is 5.75 Å². The molecule has 1 aliphatic rings. The van der Waals surface area contributed by atoms with Gasteiger partial charge in [-0.05, 0) is 24.6 Å². The molecular weight excluding hydrogens is 507 g/mol. The Morgan fingerprint density at radius 1 is 1.00 bits per heavy atom. The molecule has 0 fully saturated rings. The molecule has 0 aliphatic carbocycles. The van der Waals surface area contributed by atoms with E-state index in [4.69, 9.17) is 19.2 Å². The van der Waals surface area contributed by atoms with E-state index in [9.17, 15) is 0 Å². The molecule has 2 aromatic carbocycles. The summed E-state index contributed by atoms with van der Waals surface area (Å²) in [6, 6.07) is 12.2. The normalized spacial score (nSPS) is 12.9. The van der Waals surface area contributed by atoms with Gasteiger partial charge < -0.3 is 29.7 Å². The highest BCUT2D eigenvalue weighted by atomic mass is 127. The fourth-order valence-electron chi connectivity index (χ4n) is 3.31. The van der Waals surface area contributed by atoms with E-state index in [-0.39, 0.29) is 24.0 Å². The summed E-state index contributed by atoms with van der Waals surface area (Å²) in [6.07, 6.45) is 4.38. The summed E-state index contributed by atoms with van der Waals surface area (Å²) in [5, 5.41) is 6.60. The Labute approximate surface area is 201 Å². The maximum absolute atomic E-state index is 5.44. The van der Waals surface area contributed by atoms with Crippen molar-refractivity contribution in [2.45, 2.75) is 13.5 Å². The first kappa shape index (κ1) is 24.6. The molecule has 0 saturated heterocycles. The molecule has 0 spiro atoms. The van der Waals surface area contributed by atoms with E-state index in [0.717, 1.165) is 30.9 Å². The number of benzene rings is 2. The number of hydrogen-bond donors (Lipinski definition) is 2. The molecule has 0 saturated carbocycles. The van der Waals surface area contributed by atoms with Gasteiger partial charge in [0, 0.05) is 43.1 Å². The van der Waals surface area contributed by atoms with E-state index in [0.29, 0.717) is 29.8 Å². The number of hydrogen-bond acceptors (Lipinski definition) is 5. The van der Waals surface area contributed by atoms with Gasteiger partial charge in [0.1, 0.15) is 0 Å². The highest BCUT2D eigenvalue weighted by Gasteiger charge is 2.14. The summed E-state index contributed by atoms with van der Waals surface area (Å²) in [7, 11) is 4.79. The maximum atomic E-state index is 5.44. The average Bonchev–Trinajstić information content (AvgIpc) is 3.32. The van der Waals surface area contributed by atoms with Gasteiger partial charge in [-0.25, -0.2) is 4.99 Å². The van der Waals surface area contributed by atoms with Crippen LogP contribution in [0.2, 0.25) is 0 Å². The van der Waals surface area contributed by atoms with E-state index in [1.54, 1.807) is 21.3 Å². The number of guanidine groups is 1. The van der Waals surface area contributed by atoms with E-state index in [2.05, 4.69) is 52.0 Å². The van der Waals surface area contributed by atoms with E-state index >= 15 is 0 Å². The molecule has 0 radical (unpaired) electrons. The molecule has 2 aromatic rings. The Balaban J connectivity index is 0.00000341. The fourth-order valence-corrected chi connectivity index (χ4v) is 3.31. The lowest BCUT2D eigenvalue weighted by Gasteiger charge is -2.18. The number of halogens is 1. The van der Waals surface area contributed by atoms with Crippen molar-refractivity contribution in [3.05, 3.63) is 54.1 Å². The third-order valence-electron chi connectivity index (χ3n) is 4.79. The molecule has 0 amide bonds. The molecule has 0 atom stereocenters. The smallest absolute Gasteiger partial charge is 0.203 e. The van der Waals surface area contributed by atoms with Crippen molar-refractivity contribution in [2.75, 3.05) is 51.2 Å². The highest BCUT2D eigenvalue weighted by Crippen LogP contribution is 2.39. The molecule has 1 aliphatic heterocycles. The zero-order valence-electron chi connectivity index (χ0n) is 18.5. The van der Waals surface area contributed by atoms with Crippen LogP contribution >= 0.6 is 24.0 Å². The monoisotopic (exact) mass is 538 g/mol. The van der Waals surface area contributed by atoms with Crippen LogP contribution in [0.1, 0.15) is 12.5 Å². The maximum Gasteiger partial charge on any atom is 0.203 e. The second-order valence-electron chi connectivity index (χ2n) is 6.78. The number of methoxy groups -OCH3 is 3. The minimum absolute atomic E-state index is 0. The number of ether oxygens (including phenoxy) is 3. The van der Waals surface area contributed by atoms with Crippen molar-refractivity contribution >= 4 is 41.3 Å². The molecule has 8 heteroatoms. The summed E-state index contributed by atoms with van der Waals surface area (Å²) >= 11 is 0. The second-order valence-corrected chi connectivity index (χ2v) is 6.78. The summed E-state index contributed by atoms with van der Waals surface area (Å²) in [4.78, 5) is 7.07. The zero-order valence-corrected chi connectivity index (χ0v) is 20.8.